The first-order valence-corrected chi connectivity index (χ1v) is 5.80. The van der Waals surface area contributed by atoms with Crippen LogP contribution in [-0.4, -0.2) is 17.4 Å². The molecule has 2 nitrogen and oxygen atoms in total. The van der Waals surface area contributed by atoms with Crippen LogP contribution in [0, 0.1) is 0 Å². The van der Waals surface area contributed by atoms with E-state index in [-0.39, 0.29) is 0 Å². The molecule has 74 valence electrons. The third-order valence-corrected chi connectivity index (χ3v) is 3.29. The van der Waals surface area contributed by atoms with Gasteiger partial charge in [0.1, 0.15) is 11.7 Å². The molecule has 1 aliphatic rings. The largest absolute Gasteiger partial charge is 0.394 e. The predicted octanol–water partition coefficient (Wildman–Crippen LogP) is 3.42. The minimum atomic E-state index is 0.606. The molecule has 0 atom stereocenters. The van der Waals surface area contributed by atoms with Crippen molar-refractivity contribution < 1.29 is 4.84 Å². The second-order valence-electron chi connectivity index (χ2n) is 2.67. The van der Waals surface area contributed by atoms with Gasteiger partial charge in [-0.05, 0) is 12.1 Å². The average Bonchev–Trinajstić information content (AvgIpc) is 2.19. The Morgan fingerprint density at radius 2 is 2.00 bits per heavy atom. The second kappa shape index (κ2) is 4.43. The highest BCUT2D eigenvalue weighted by Gasteiger charge is 2.16. The predicted molar refractivity (Wildman–Crippen MR) is 61.4 cm³/mol. The number of benzene rings is 1. The molecule has 1 aliphatic heterocycles. The Balaban J connectivity index is 2.44. The summed E-state index contributed by atoms with van der Waals surface area (Å²) in [6, 6.07) is 5.39. The fraction of sp³-hybridized carbons (Fsp3) is 0.222. The van der Waals surface area contributed by atoms with E-state index in [4.69, 9.17) is 28.0 Å². The van der Waals surface area contributed by atoms with Gasteiger partial charge in [0.2, 0.25) is 0 Å². The van der Waals surface area contributed by atoms with Crippen LogP contribution in [-0.2, 0) is 4.84 Å². The normalized spacial score (nSPS) is 16.0. The van der Waals surface area contributed by atoms with Gasteiger partial charge in [-0.3, -0.25) is 0 Å². The van der Waals surface area contributed by atoms with Crippen LogP contribution < -0.4 is 0 Å². The molecule has 0 saturated heterocycles. The molecule has 2 rings (SSSR count). The second-order valence-corrected chi connectivity index (χ2v) is 4.57. The number of thioether (sulfide) groups is 1. The van der Waals surface area contributed by atoms with Gasteiger partial charge in [0.15, 0.2) is 0 Å². The lowest BCUT2D eigenvalue weighted by molar-refractivity contribution is 0.160. The molecule has 0 aliphatic carbocycles. The van der Waals surface area contributed by atoms with E-state index in [0.717, 1.165) is 16.4 Å². The monoisotopic (exact) mass is 247 g/mol. The Kier molecular flexibility index (Phi) is 3.21. The SMILES string of the molecule is Clc1cccc(Cl)c1C1=NOCCS1. The van der Waals surface area contributed by atoms with Crippen LogP contribution in [0.3, 0.4) is 0 Å². The van der Waals surface area contributed by atoms with E-state index in [0.29, 0.717) is 16.7 Å². The van der Waals surface area contributed by atoms with Gasteiger partial charge in [-0.25, -0.2) is 0 Å². The van der Waals surface area contributed by atoms with Crippen molar-refractivity contribution in [2.24, 2.45) is 5.16 Å². The molecule has 5 heteroatoms. The maximum Gasteiger partial charge on any atom is 0.146 e. The van der Waals surface area contributed by atoms with Crippen LogP contribution in [0.25, 0.3) is 0 Å². The fourth-order valence-corrected chi connectivity index (χ4v) is 2.64. The Bertz CT molecular complexity index is 361. The number of halogens is 2. The van der Waals surface area contributed by atoms with Crippen molar-refractivity contribution in [1.82, 2.24) is 0 Å². The summed E-state index contributed by atoms with van der Waals surface area (Å²) in [7, 11) is 0. The molecule has 0 spiro atoms. The molecular weight excluding hydrogens is 241 g/mol. The molecule has 0 radical (unpaired) electrons. The molecule has 0 amide bonds. The lowest BCUT2D eigenvalue weighted by atomic mass is 10.2. The van der Waals surface area contributed by atoms with Crippen LogP contribution in [0.5, 0.6) is 0 Å². The molecule has 1 heterocycles. The number of nitrogens with zero attached hydrogens (tertiary/aromatic N) is 1. The van der Waals surface area contributed by atoms with E-state index < -0.39 is 0 Å². The maximum atomic E-state index is 6.03. The summed E-state index contributed by atoms with van der Waals surface area (Å²) in [5.41, 5.74) is 0.764. The van der Waals surface area contributed by atoms with Crippen molar-refractivity contribution in [1.29, 1.82) is 0 Å². The number of hydrogen-bond donors (Lipinski definition) is 0. The van der Waals surface area contributed by atoms with Gasteiger partial charge in [-0.1, -0.05) is 46.2 Å². The molecule has 0 unspecified atom stereocenters. The first-order valence-electron chi connectivity index (χ1n) is 4.06. The third kappa shape index (κ3) is 2.00. The quantitative estimate of drug-likeness (QED) is 0.759. The summed E-state index contributed by atoms with van der Waals surface area (Å²) in [5.74, 6) is 0.875. The van der Waals surface area contributed by atoms with E-state index in [1.54, 1.807) is 23.9 Å². The van der Waals surface area contributed by atoms with Crippen molar-refractivity contribution in [3.05, 3.63) is 33.8 Å². The van der Waals surface area contributed by atoms with Crippen LogP contribution in [0.2, 0.25) is 10.0 Å². The summed E-state index contributed by atoms with van der Waals surface area (Å²) in [4.78, 5) is 5.00. The van der Waals surface area contributed by atoms with Crippen LogP contribution in [0.4, 0.5) is 0 Å². The van der Waals surface area contributed by atoms with Crippen molar-refractivity contribution in [3.63, 3.8) is 0 Å². The van der Waals surface area contributed by atoms with Crippen LogP contribution in [0.15, 0.2) is 23.4 Å². The van der Waals surface area contributed by atoms with Gasteiger partial charge in [-0.2, -0.15) is 0 Å². The Morgan fingerprint density at radius 1 is 1.29 bits per heavy atom. The third-order valence-electron chi connectivity index (χ3n) is 1.74. The van der Waals surface area contributed by atoms with E-state index in [2.05, 4.69) is 5.16 Å². The van der Waals surface area contributed by atoms with Crippen LogP contribution in [0.1, 0.15) is 5.56 Å². The zero-order chi connectivity index (χ0) is 9.97. The first-order chi connectivity index (χ1) is 6.79. The smallest absolute Gasteiger partial charge is 0.146 e. The summed E-state index contributed by atoms with van der Waals surface area (Å²) < 4.78 is 0. The lowest BCUT2D eigenvalue weighted by Gasteiger charge is -2.13. The Labute approximate surface area is 96.2 Å². The van der Waals surface area contributed by atoms with Gasteiger partial charge >= 0.3 is 0 Å². The lowest BCUT2D eigenvalue weighted by Crippen LogP contribution is -2.08. The van der Waals surface area contributed by atoms with Gasteiger partial charge in [-0.15, -0.1) is 0 Å². The molecule has 0 fully saturated rings. The minimum Gasteiger partial charge on any atom is -0.394 e. The van der Waals surface area contributed by atoms with E-state index in [1.165, 1.54) is 0 Å². The van der Waals surface area contributed by atoms with Gasteiger partial charge in [0.25, 0.3) is 0 Å². The van der Waals surface area contributed by atoms with Gasteiger partial charge in [0.05, 0.1) is 10.0 Å². The average molecular weight is 248 g/mol. The summed E-state index contributed by atoms with van der Waals surface area (Å²) in [5, 5.41) is 5.90. The molecule has 0 aromatic heterocycles. The molecular formula is C9H7Cl2NOS. The molecule has 0 saturated carbocycles. The fourth-order valence-electron chi connectivity index (χ4n) is 1.13. The molecule has 0 N–H and O–H groups in total. The number of oxime groups is 1. The van der Waals surface area contributed by atoms with Crippen molar-refractivity contribution in [2.45, 2.75) is 0 Å². The Hall–Kier alpha value is -0.380. The Morgan fingerprint density at radius 3 is 2.57 bits per heavy atom. The zero-order valence-corrected chi connectivity index (χ0v) is 9.49. The van der Waals surface area contributed by atoms with Crippen LogP contribution >= 0.6 is 35.0 Å². The van der Waals surface area contributed by atoms with Crippen molar-refractivity contribution in [2.75, 3.05) is 12.4 Å². The standard InChI is InChI=1S/C9H7Cl2NOS/c10-6-2-1-3-7(11)8(6)9-12-13-4-5-14-9/h1-3H,4-5H2. The zero-order valence-electron chi connectivity index (χ0n) is 7.17. The molecule has 1 aromatic carbocycles. The highest BCUT2D eigenvalue weighted by molar-refractivity contribution is 8.14. The van der Waals surface area contributed by atoms with E-state index in [1.807, 2.05) is 6.07 Å². The molecule has 1 aromatic rings. The summed E-state index contributed by atoms with van der Waals surface area (Å²) in [6.45, 7) is 0.635. The first kappa shape index (κ1) is 10.1. The maximum absolute atomic E-state index is 6.03. The van der Waals surface area contributed by atoms with Crippen molar-refractivity contribution >= 4 is 40.0 Å². The van der Waals surface area contributed by atoms with Gasteiger partial charge in [0, 0.05) is 11.3 Å². The highest BCUT2D eigenvalue weighted by atomic mass is 35.5. The topological polar surface area (TPSA) is 21.6 Å². The summed E-state index contributed by atoms with van der Waals surface area (Å²) >= 11 is 13.7. The van der Waals surface area contributed by atoms with E-state index in [9.17, 15) is 0 Å². The minimum absolute atomic E-state index is 0.606. The molecule has 14 heavy (non-hydrogen) atoms. The number of hydrogen-bond acceptors (Lipinski definition) is 3. The van der Waals surface area contributed by atoms with Gasteiger partial charge < -0.3 is 4.84 Å². The van der Waals surface area contributed by atoms with E-state index >= 15 is 0 Å². The number of rotatable bonds is 1. The van der Waals surface area contributed by atoms with Crippen molar-refractivity contribution in [3.8, 4) is 0 Å². The molecule has 0 bridgehead atoms. The highest BCUT2D eigenvalue weighted by Crippen LogP contribution is 2.30. The summed E-state index contributed by atoms with van der Waals surface area (Å²) in [6.07, 6.45) is 0.